The lowest BCUT2D eigenvalue weighted by atomic mass is 10.1. The Balaban J connectivity index is 1.83. The van der Waals surface area contributed by atoms with Gasteiger partial charge in [-0.15, -0.1) is 0 Å². The van der Waals surface area contributed by atoms with Crippen molar-refractivity contribution in [3.05, 3.63) is 65.2 Å². The highest BCUT2D eigenvalue weighted by Crippen LogP contribution is 2.22. The normalized spacial score (nSPS) is 12.1. The predicted octanol–water partition coefficient (Wildman–Crippen LogP) is 3.83. The maximum Gasteiger partial charge on any atom is 0.189 e. The van der Waals surface area contributed by atoms with Crippen LogP contribution in [0.25, 0.3) is 0 Å². The van der Waals surface area contributed by atoms with Crippen molar-refractivity contribution in [1.82, 2.24) is 5.32 Å². The van der Waals surface area contributed by atoms with Gasteiger partial charge in [0.15, 0.2) is 6.79 Å². The summed E-state index contributed by atoms with van der Waals surface area (Å²) in [4.78, 5) is 0. The standard InChI is InChI=1S/C18H23NO2/c1-14-11-17(15(2)19-3)9-10-18(14)21-13-20-12-16-7-5-4-6-8-16/h4-11,15,19H,12-13H2,1-3H3. The van der Waals surface area contributed by atoms with Crippen LogP contribution in [0, 0.1) is 6.92 Å². The first-order chi connectivity index (χ1) is 10.2. The summed E-state index contributed by atoms with van der Waals surface area (Å²) < 4.78 is 11.2. The highest BCUT2D eigenvalue weighted by atomic mass is 16.7. The van der Waals surface area contributed by atoms with Crippen molar-refractivity contribution in [2.45, 2.75) is 26.5 Å². The highest BCUT2D eigenvalue weighted by molar-refractivity contribution is 5.37. The third-order valence-corrected chi connectivity index (χ3v) is 3.54. The van der Waals surface area contributed by atoms with E-state index in [1.54, 1.807) is 0 Å². The zero-order valence-electron chi connectivity index (χ0n) is 12.9. The van der Waals surface area contributed by atoms with Crippen LogP contribution >= 0.6 is 0 Å². The Morgan fingerprint density at radius 1 is 1.10 bits per heavy atom. The second-order valence-electron chi connectivity index (χ2n) is 5.13. The van der Waals surface area contributed by atoms with E-state index in [2.05, 4.69) is 31.3 Å². The third kappa shape index (κ3) is 4.59. The average molecular weight is 285 g/mol. The molecular formula is C18H23NO2. The summed E-state index contributed by atoms with van der Waals surface area (Å²) >= 11 is 0. The van der Waals surface area contributed by atoms with Gasteiger partial charge in [0.05, 0.1) is 6.61 Å². The minimum absolute atomic E-state index is 0.261. The number of hydrogen-bond donors (Lipinski definition) is 1. The summed E-state index contributed by atoms with van der Waals surface area (Å²) in [5.74, 6) is 0.870. The molecule has 0 bridgehead atoms. The first kappa shape index (κ1) is 15.5. The summed E-state index contributed by atoms with van der Waals surface area (Å²) in [5.41, 5.74) is 3.53. The van der Waals surface area contributed by atoms with Gasteiger partial charge in [0.25, 0.3) is 0 Å². The van der Waals surface area contributed by atoms with Gasteiger partial charge in [0.1, 0.15) is 5.75 Å². The minimum atomic E-state index is 0.261. The topological polar surface area (TPSA) is 30.5 Å². The number of benzene rings is 2. The number of ether oxygens (including phenoxy) is 2. The van der Waals surface area contributed by atoms with E-state index < -0.39 is 0 Å². The Hall–Kier alpha value is -1.84. The van der Waals surface area contributed by atoms with E-state index in [1.807, 2.05) is 43.4 Å². The number of nitrogens with one attached hydrogen (secondary N) is 1. The van der Waals surface area contributed by atoms with Crippen LogP contribution in [0.4, 0.5) is 0 Å². The second kappa shape index (κ2) is 7.81. The van der Waals surface area contributed by atoms with E-state index in [4.69, 9.17) is 9.47 Å². The van der Waals surface area contributed by atoms with Crippen molar-refractivity contribution < 1.29 is 9.47 Å². The molecule has 0 saturated carbocycles. The molecule has 21 heavy (non-hydrogen) atoms. The lowest BCUT2D eigenvalue weighted by molar-refractivity contribution is 0.00467. The zero-order valence-corrected chi connectivity index (χ0v) is 12.9. The molecule has 112 valence electrons. The molecule has 3 nitrogen and oxygen atoms in total. The fraction of sp³-hybridized carbons (Fsp3) is 0.333. The van der Waals surface area contributed by atoms with Crippen molar-refractivity contribution in [3.63, 3.8) is 0 Å². The Kier molecular flexibility index (Phi) is 5.78. The van der Waals surface area contributed by atoms with Crippen LogP contribution in [0.1, 0.15) is 29.7 Å². The molecule has 0 aliphatic rings. The van der Waals surface area contributed by atoms with Crippen molar-refractivity contribution in [3.8, 4) is 5.75 Å². The second-order valence-corrected chi connectivity index (χ2v) is 5.13. The summed E-state index contributed by atoms with van der Waals surface area (Å²) in [7, 11) is 1.96. The van der Waals surface area contributed by atoms with E-state index in [1.165, 1.54) is 5.56 Å². The molecule has 0 aliphatic heterocycles. The SMILES string of the molecule is CNC(C)c1ccc(OCOCc2ccccc2)c(C)c1. The van der Waals surface area contributed by atoms with Crippen molar-refractivity contribution >= 4 is 0 Å². The summed E-state index contributed by atoms with van der Waals surface area (Å²) in [6.45, 7) is 5.02. The number of aryl methyl sites for hydroxylation is 1. The van der Waals surface area contributed by atoms with Gasteiger partial charge >= 0.3 is 0 Å². The van der Waals surface area contributed by atoms with E-state index in [0.29, 0.717) is 12.6 Å². The van der Waals surface area contributed by atoms with Crippen molar-refractivity contribution in [2.75, 3.05) is 13.8 Å². The summed E-state index contributed by atoms with van der Waals surface area (Å²) in [5, 5.41) is 3.23. The minimum Gasteiger partial charge on any atom is -0.467 e. The van der Waals surface area contributed by atoms with Crippen LogP contribution in [0.15, 0.2) is 48.5 Å². The molecule has 1 N–H and O–H groups in total. The average Bonchev–Trinajstić information content (AvgIpc) is 2.53. The van der Waals surface area contributed by atoms with Gasteiger partial charge in [0.2, 0.25) is 0 Å². The fourth-order valence-corrected chi connectivity index (χ4v) is 2.11. The predicted molar refractivity (Wildman–Crippen MR) is 85.4 cm³/mol. The first-order valence-corrected chi connectivity index (χ1v) is 7.23. The van der Waals surface area contributed by atoms with Crippen LogP contribution in [-0.4, -0.2) is 13.8 Å². The van der Waals surface area contributed by atoms with E-state index in [0.717, 1.165) is 16.9 Å². The Morgan fingerprint density at radius 3 is 2.52 bits per heavy atom. The lowest BCUT2D eigenvalue weighted by Gasteiger charge is -2.14. The molecule has 1 unspecified atom stereocenters. The van der Waals surface area contributed by atoms with Crippen molar-refractivity contribution in [1.29, 1.82) is 0 Å². The monoisotopic (exact) mass is 285 g/mol. The molecule has 2 aromatic carbocycles. The molecule has 2 aromatic rings. The largest absolute Gasteiger partial charge is 0.467 e. The summed E-state index contributed by atoms with van der Waals surface area (Å²) in [6.07, 6.45) is 0. The lowest BCUT2D eigenvalue weighted by Crippen LogP contribution is -2.12. The number of rotatable bonds is 7. The van der Waals surface area contributed by atoms with Gasteiger partial charge < -0.3 is 14.8 Å². The molecule has 0 spiro atoms. The van der Waals surface area contributed by atoms with Crippen LogP contribution in [0.3, 0.4) is 0 Å². The quantitative estimate of drug-likeness (QED) is 0.619. The van der Waals surface area contributed by atoms with E-state index in [9.17, 15) is 0 Å². The molecule has 0 amide bonds. The Morgan fingerprint density at radius 2 is 1.86 bits per heavy atom. The highest BCUT2D eigenvalue weighted by Gasteiger charge is 2.06. The first-order valence-electron chi connectivity index (χ1n) is 7.23. The Bertz CT molecular complexity index is 554. The van der Waals surface area contributed by atoms with Gasteiger partial charge in [-0.05, 0) is 43.7 Å². The Labute approximate surface area is 126 Å². The van der Waals surface area contributed by atoms with E-state index >= 15 is 0 Å². The molecule has 2 rings (SSSR count). The number of hydrogen-bond acceptors (Lipinski definition) is 3. The third-order valence-electron chi connectivity index (χ3n) is 3.54. The maximum absolute atomic E-state index is 5.68. The molecule has 0 fully saturated rings. The van der Waals surface area contributed by atoms with Gasteiger partial charge in [-0.2, -0.15) is 0 Å². The molecule has 1 atom stereocenters. The molecule has 0 heterocycles. The van der Waals surface area contributed by atoms with Gasteiger partial charge in [-0.1, -0.05) is 42.5 Å². The van der Waals surface area contributed by atoms with Gasteiger partial charge in [-0.25, -0.2) is 0 Å². The molecule has 0 aromatic heterocycles. The molecule has 0 aliphatic carbocycles. The van der Waals surface area contributed by atoms with Gasteiger partial charge in [-0.3, -0.25) is 0 Å². The van der Waals surface area contributed by atoms with Crippen LogP contribution in [0.2, 0.25) is 0 Å². The van der Waals surface area contributed by atoms with Crippen LogP contribution in [0.5, 0.6) is 5.75 Å². The van der Waals surface area contributed by atoms with Gasteiger partial charge in [0, 0.05) is 6.04 Å². The molecule has 0 radical (unpaired) electrons. The van der Waals surface area contributed by atoms with Crippen LogP contribution in [-0.2, 0) is 11.3 Å². The zero-order chi connectivity index (χ0) is 15.1. The summed E-state index contributed by atoms with van der Waals surface area (Å²) in [6, 6.07) is 16.7. The fourth-order valence-electron chi connectivity index (χ4n) is 2.11. The maximum atomic E-state index is 5.68. The molecule has 3 heteroatoms. The van der Waals surface area contributed by atoms with E-state index in [-0.39, 0.29) is 6.79 Å². The van der Waals surface area contributed by atoms with Crippen LogP contribution < -0.4 is 10.1 Å². The molecule has 0 saturated heterocycles. The smallest absolute Gasteiger partial charge is 0.189 e. The van der Waals surface area contributed by atoms with Crippen molar-refractivity contribution in [2.24, 2.45) is 0 Å². The molecular weight excluding hydrogens is 262 g/mol.